The number of carbonyl (C=O) groups is 1. The molecule has 1 atom stereocenters. The molecule has 0 bridgehead atoms. The van der Waals surface area contributed by atoms with E-state index in [4.69, 9.17) is 9.47 Å². The van der Waals surface area contributed by atoms with Gasteiger partial charge in [0.2, 0.25) is 5.91 Å². The van der Waals surface area contributed by atoms with Crippen LogP contribution in [0.1, 0.15) is 18.7 Å². The second-order valence-corrected chi connectivity index (χ2v) is 6.72. The number of ether oxygens (including phenoxy) is 2. The van der Waals surface area contributed by atoms with Gasteiger partial charge in [0.1, 0.15) is 11.5 Å². The maximum Gasteiger partial charge on any atom is 0.249 e. The number of nitrogens with one attached hydrogen (secondary N) is 1. The van der Waals surface area contributed by atoms with Crippen molar-refractivity contribution < 1.29 is 22.7 Å². The van der Waals surface area contributed by atoms with Crippen LogP contribution in [0.4, 0.5) is 0 Å². The summed E-state index contributed by atoms with van der Waals surface area (Å²) < 4.78 is 34.1. The topological polar surface area (TPSA) is 102 Å². The fraction of sp³-hybridized carbons (Fsp3) is 0.667. The zero-order chi connectivity index (χ0) is 15.5. The van der Waals surface area contributed by atoms with Crippen LogP contribution in [0.2, 0.25) is 0 Å². The predicted octanol–water partition coefficient (Wildman–Crippen LogP) is -0.250. The van der Waals surface area contributed by atoms with Gasteiger partial charge in [-0.15, -0.1) is 0 Å². The van der Waals surface area contributed by atoms with E-state index in [1.165, 1.54) is 6.20 Å². The van der Waals surface area contributed by atoms with Gasteiger partial charge in [-0.1, -0.05) is 0 Å². The van der Waals surface area contributed by atoms with Crippen molar-refractivity contribution in [1.29, 1.82) is 0 Å². The zero-order valence-electron chi connectivity index (χ0n) is 12.0. The third kappa shape index (κ3) is 3.60. The van der Waals surface area contributed by atoms with Crippen molar-refractivity contribution in [3.8, 4) is 0 Å². The van der Waals surface area contributed by atoms with Crippen molar-refractivity contribution in [1.82, 2.24) is 15.1 Å². The summed E-state index contributed by atoms with van der Waals surface area (Å²) in [6.45, 7) is 3.24. The molecular weight excluding hydrogens is 298 g/mol. The Bertz CT molecular complexity index is 598. The summed E-state index contributed by atoms with van der Waals surface area (Å²) in [6, 6.07) is -0.501. The summed E-state index contributed by atoms with van der Waals surface area (Å²) in [5.41, 5.74) is 0.377. The first-order valence-corrected chi connectivity index (χ1v) is 8.52. The van der Waals surface area contributed by atoms with Crippen LogP contribution in [0.3, 0.4) is 0 Å². The van der Waals surface area contributed by atoms with Gasteiger partial charge in [-0.2, -0.15) is 5.10 Å². The number of carbonyl (C=O) groups excluding carboxylic acids is 1. The van der Waals surface area contributed by atoms with Gasteiger partial charge in [0.05, 0.1) is 31.1 Å². The number of sulfone groups is 1. The third-order valence-electron chi connectivity index (χ3n) is 3.24. The Morgan fingerprint density at radius 3 is 3.05 bits per heavy atom. The number of H-pyrrole nitrogens is 1. The van der Waals surface area contributed by atoms with Gasteiger partial charge in [-0.05, 0) is 6.92 Å². The molecule has 118 valence electrons. The summed E-state index contributed by atoms with van der Waals surface area (Å²) in [5.74, 6) is -0.195. The maximum atomic E-state index is 12.2. The zero-order valence-corrected chi connectivity index (χ0v) is 12.9. The number of hydrogen-bond acceptors (Lipinski definition) is 6. The van der Waals surface area contributed by atoms with E-state index >= 15 is 0 Å². The summed E-state index contributed by atoms with van der Waals surface area (Å²) in [7, 11) is -3.42. The minimum Gasteiger partial charge on any atom is -0.377 e. The van der Waals surface area contributed by atoms with E-state index in [0.29, 0.717) is 25.5 Å². The average molecular weight is 317 g/mol. The summed E-state index contributed by atoms with van der Waals surface area (Å²) in [5, 5.41) is 6.47. The third-order valence-corrected chi connectivity index (χ3v) is 4.37. The summed E-state index contributed by atoms with van der Waals surface area (Å²) in [6.07, 6.45) is 2.36. The Morgan fingerprint density at radius 2 is 2.38 bits per heavy atom. The molecule has 0 aromatic carbocycles. The molecule has 2 rings (SSSR count). The second-order valence-electron chi connectivity index (χ2n) is 4.74. The van der Waals surface area contributed by atoms with E-state index in [0.717, 1.165) is 6.26 Å². The van der Waals surface area contributed by atoms with Crippen LogP contribution >= 0.6 is 0 Å². The highest BCUT2D eigenvalue weighted by Gasteiger charge is 2.33. The molecule has 21 heavy (non-hydrogen) atoms. The van der Waals surface area contributed by atoms with Crippen LogP contribution in [-0.4, -0.2) is 68.7 Å². The number of aromatic amines is 1. The number of morpholine rings is 1. The standard InChI is InChI=1S/C12H19N3O5S/c1-3-19-8-11(16)15-4-5-20-7-9(15)12-10(6-13-14-12)21(2,17)18/h6,9H,3-5,7-8H2,1-2H3,(H,13,14)/t9-/m1/s1. The van der Waals surface area contributed by atoms with Crippen LogP contribution in [0.15, 0.2) is 11.1 Å². The molecule has 0 saturated carbocycles. The minimum absolute atomic E-state index is 0.0324. The molecule has 8 nitrogen and oxygen atoms in total. The van der Waals surface area contributed by atoms with Crippen molar-refractivity contribution in [3.05, 3.63) is 11.9 Å². The number of amides is 1. The first-order chi connectivity index (χ1) is 9.95. The molecular formula is C12H19N3O5S. The van der Waals surface area contributed by atoms with E-state index < -0.39 is 15.9 Å². The van der Waals surface area contributed by atoms with Gasteiger partial charge in [0.25, 0.3) is 0 Å². The Balaban J connectivity index is 2.27. The fourth-order valence-corrected chi connectivity index (χ4v) is 3.06. The smallest absolute Gasteiger partial charge is 0.249 e. The van der Waals surface area contributed by atoms with E-state index in [-0.39, 0.29) is 24.0 Å². The lowest BCUT2D eigenvalue weighted by Crippen LogP contribution is -2.45. The van der Waals surface area contributed by atoms with E-state index in [2.05, 4.69) is 10.2 Å². The molecule has 1 aromatic rings. The normalized spacial score (nSPS) is 19.7. The fourth-order valence-electron chi connectivity index (χ4n) is 2.23. The van der Waals surface area contributed by atoms with Crippen molar-refractivity contribution in [2.75, 3.05) is 39.2 Å². The van der Waals surface area contributed by atoms with Crippen LogP contribution in [0, 0.1) is 0 Å². The molecule has 1 aromatic heterocycles. The molecule has 1 N–H and O–H groups in total. The van der Waals surface area contributed by atoms with Crippen LogP contribution in [0.5, 0.6) is 0 Å². The lowest BCUT2D eigenvalue weighted by molar-refractivity contribution is -0.145. The molecule has 0 unspecified atom stereocenters. The minimum atomic E-state index is -3.42. The van der Waals surface area contributed by atoms with Gasteiger partial charge in [0, 0.05) is 19.4 Å². The van der Waals surface area contributed by atoms with Gasteiger partial charge < -0.3 is 14.4 Å². The quantitative estimate of drug-likeness (QED) is 0.803. The molecule has 1 saturated heterocycles. The second kappa shape index (κ2) is 6.54. The molecule has 9 heteroatoms. The van der Waals surface area contributed by atoms with Crippen molar-refractivity contribution in [2.45, 2.75) is 17.9 Å². The van der Waals surface area contributed by atoms with Gasteiger partial charge in [0.15, 0.2) is 9.84 Å². The van der Waals surface area contributed by atoms with E-state index in [1.807, 2.05) is 0 Å². The van der Waals surface area contributed by atoms with Crippen LogP contribution in [-0.2, 0) is 24.1 Å². The predicted molar refractivity (Wildman–Crippen MR) is 73.5 cm³/mol. The van der Waals surface area contributed by atoms with Crippen LogP contribution in [0.25, 0.3) is 0 Å². The van der Waals surface area contributed by atoms with Crippen LogP contribution < -0.4 is 0 Å². The SMILES string of the molecule is CCOCC(=O)N1CCOC[C@@H]1c1[nH]ncc1S(C)(=O)=O. The monoisotopic (exact) mass is 317 g/mol. The van der Waals surface area contributed by atoms with Gasteiger partial charge >= 0.3 is 0 Å². The molecule has 1 amide bonds. The molecule has 0 spiro atoms. The highest BCUT2D eigenvalue weighted by Crippen LogP contribution is 2.27. The highest BCUT2D eigenvalue weighted by atomic mass is 32.2. The summed E-state index contributed by atoms with van der Waals surface area (Å²) in [4.78, 5) is 13.8. The number of rotatable bonds is 5. The van der Waals surface area contributed by atoms with Gasteiger partial charge in [-0.3, -0.25) is 9.89 Å². The number of nitrogens with zero attached hydrogens (tertiary/aromatic N) is 2. The Hall–Kier alpha value is -1.45. The molecule has 0 aliphatic carbocycles. The largest absolute Gasteiger partial charge is 0.377 e. The molecule has 1 aliphatic rings. The first kappa shape index (κ1) is 15.9. The van der Waals surface area contributed by atoms with Crippen molar-refractivity contribution in [2.24, 2.45) is 0 Å². The molecule has 2 heterocycles. The average Bonchev–Trinajstić information content (AvgIpc) is 2.94. The Morgan fingerprint density at radius 1 is 1.62 bits per heavy atom. The first-order valence-electron chi connectivity index (χ1n) is 6.63. The maximum absolute atomic E-state index is 12.2. The number of hydrogen-bond donors (Lipinski definition) is 1. The summed E-state index contributed by atoms with van der Waals surface area (Å²) >= 11 is 0. The van der Waals surface area contributed by atoms with E-state index in [9.17, 15) is 13.2 Å². The lowest BCUT2D eigenvalue weighted by atomic mass is 10.1. The van der Waals surface area contributed by atoms with Crippen molar-refractivity contribution in [3.63, 3.8) is 0 Å². The molecule has 1 aliphatic heterocycles. The number of aromatic nitrogens is 2. The van der Waals surface area contributed by atoms with E-state index in [1.54, 1.807) is 11.8 Å². The Labute approximate surface area is 123 Å². The van der Waals surface area contributed by atoms with Crippen molar-refractivity contribution >= 4 is 15.7 Å². The lowest BCUT2D eigenvalue weighted by Gasteiger charge is -2.35. The Kier molecular flexibility index (Phi) is 4.96. The highest BCUT2D eigenvalue weighted by molar-refractivity contribution is 7.90. The van der Waals surface area contributed by atoms with Gasteiger partial charge in [-0.25, -0.2) is 8.42 Å². The molecule has 1 fully saturated rings. The molecule has 0 radical (unpaired) electrons.